The van der Waals surface area contributed by atoms with Gasteiger partial charge in [-0.25, -0.2) is 8.42 Å². The van der Waals surface area contributed by atoms with Gasteiger partial charge in [-0.05, 0) is 36.8 Å². The predicted octanol–water partition coefficient (Wildman–Crippen LogP) is 1.88. The van der Waals surface area contributed by atoms with Crippen molar-refractivity contribution in [2.24, 2.45) is 5.73 Å². The average Bonchev–Trinajstić information content (AvgIpc) is 2.48. The summed E-state index contributed by atoms with van der Waals surface area (Å²) in [6, 6.07) is 2.02. The van der Waals surface area contributed by atoms with Crippen molar-refractivity contribution in [3.8, 4) is 0 Å². The normalized spacial score (nSPS) is 14.1. The monoisotopic (exact) mass is 247 g/mol. The Kier molecular flexibility index (Phi) is 4.31. The summed E-state index contributed by atoms with van der Waals surface area (Å²) in [5, 5.41) is 2.01. The summed E-state index contributed by atoms with van der Waals surface area (Å²) in [5.41, 5.74) is 7.19. The van der Waals surface area contributed by atoms with Crippen molar-refractivity contribution >= 4 is 21.2 Å². The van der Waals surface area contributed by atoms with Crippen LogP contribution in [-0.4, -0.2) is 20.4 Å². The van der Waals surface area contributed by atoms with Gasteiger partial charge in [0.2, 0.25) is 0 Å². The number of rotatable bonds is 5. The highest BCUT2D eigenvalue weighted by Gasteiger charge is 2.11. The first-order valence-corrected chi connectivity index (χ1v) is 7.81. The minimum atomic E-state index is -2.85. The van der Waals surface area contributed by atoms with Crippen LogP contribution in [-0.2, 0) is 9.84 Å². The molecule has 0 radical (unpaired) electrons. The molecule has 15 heavy (non-hydrogen) atoms. The lowest BCUT2D eigenvalue weighted by atomic mass is 10.1. The van der Waals surface area contributed by atoms with Crippen molar-refractivity contribution in [3.05, 3.63) is 21.9 Å². The summed E-state index contributed by atoms with van der Waals surface area (Å²) in [4.78, 5) is 1.17. The summed E-state index contributed by atoms with van der Waals surface area (Å²) < 4.78 is 21.9. The number of hydrogen-bond acceptors (Lipinski definition) is 4. The smallest absolute Gasteiger partial charge is 0.147 e. The second kappa shape index (κ2) is 5.09. The molecule has 86 valence electrons. The van der Waals surface area contributed by atoms with Crippen LogP contribution < -0.4 is 5.73 Å². The van der Waals surface area contributed by atoms with Crippen molar-refractivity contribution in [1.82, 2.24) is 0 Å². The fourth-order valence-corrected chi connectivity index (χ4v) is 3.12. The zero-order valence-corrected chi connectivity index (χ0v) is 10.7. The number of nitrogens with two attached hydrogens (primary N) is 1. The van der Waals surface area contributed by atoms with Gasteiger partial charge < -0.3 is 5.73 Å². The molecule has 1 heterocycles. The molecule has 0 saturated heterocycles. The number of hydrogen-bond donors (Lipinski definition) is 1. The van der Waals surface area contributed by atoms with Crippen molar-refractivity contribution in [2.75, 3.05) is 12.0 Å². The first-order chi connectivity index (χ1) is 6.90. The molecule has 3 nitrogen and oxygen atoms in total. The maximum Gasteiger partial charge on any atom is 0.147 e. The molecule has 0 saturated carbocycles. The summed E-state index contributed by atoms with van der Waals surface area (Å²) in [7, 11) is -2.85. The van der Waals surface area contributed by atoms with Crippen LogP contribution in [0.25, 0.3) is 0 Å². The SMILES string of the molecule is Cc1ccsc1C(N)CCCS(C)(=O)=O. The van der Waals surface area contributed by atoms with Crippen molar-refractivity contribution in [3.63, 3.8) is 0 Å². The van der Waals surface area contributed by atoms with E-state index in [0.717, 1.165) is 6.42 Å². The lowest BCUT2D eigenvalue weighted by Gasteiger charge is -2.10. The molecule has 0 bridgehead atoms. The molecular weight excluding hydrogens is 230 g/mol. The van der Waals surface area contributed by atoms with E-state index in [0.29, 0.717) is 6.42 Å². The minimum Gasteiger partial charge on any atom is -0.323 e. The van der Waals surface area contributed by atoms with Crippen molar-refractivity contribution < 1.29 is 8.42 Å². The maximum atomic E-state index is 10.9. The van der Waals surface area contributed by atoms with Crippen LogP contribution in [0.5, 0.6) is 0 Å². The van der Waals surface area contributed by atoms with Crippen molar-refractivity contribution in [2.45, 2.75) is 25.8 Å². The fourth-order valence-electron chi connectivity index (χ4n) is 1.46. The van der Waals surface area contributed by atoms with Gasteiger partial charge in [0.05, 0.1) is 0 Å². The molecule has 0 spiro atoms. The molecule has 1 unspecified atom stereocenters. The van der Waals surface area contributed by atoms with Gasteiger partial charge in [-0.2, -0.15) is 0 Å². The Labute approximate surface area is 95.2 Å². The largest absolute Gasteiger partial charge is 0.323 e. The predicted molar refractivity (Wildman–Crippen MR) is 64.9 cm³/mol. The van der Waals surface area contributed by atoms with Gasteiger partial charge in [0.15, 0.2) is 0 Å². The molecule has 0 aliphatic heterocycles. The van der Waals surface area contributed by atoms with E-state index in [2.05, 4.69) is 0 Å². The average molecular weight is 247 g/mol. The Bertz CT molecular complexity index is 409. The minimum absolute atomic E-state index is 0.0215. The van der Waals surface area contributed by atoms with E-state index in [4.69, 9.17) is 5.73 Å². The first-order valence-electron chi connectivity index (χ1n) is 4.87. The molecule has 0 aromatic carbocycles. The Morgan fingerprint density at radius 3 is 2.67 bits per heavy atom. The molecule has 1 atom stereocenters. The molecule has 0 aliphatic carbocycles. The summed E-state index contributed by atoms with van der Waals surface area (Å²) in [6.45, 7) is 2.03. The first kappa shape index (κ1) is 12.7. The van der Waals surface area contributed by atoms with E-state index in [1.807, 2.05) is 18.4 Å². The number of aryl methyl sites for hydroxylation is 1. The third-order valence-corrected chi connectivity index (χ3v) is 4.45. The van der Waals surface area contributed by atoms with E-state index in [9.17, 15) is 8.42 Å². The second-order valence-corrected chi connectivity index (χ2v) is 7.05. The maximum absolute atomic E-state index is 10.9. The molecule has 5 heteroatoms. The zero-order valence-electron chi connectivity index (χ0n) is 9.06. The fraction of sp³-hybridized carbons (Fsp3) is 0.600. The van der Waals surface area contributed by atoms with Crippen LogP contribution in [0.4, 0.5) is 0 Å². The van der Waals surface area contributed by atoms with Crippen LogP contribution in [0.1, 0.15) is 29.3 Å². The Balaban J connectivity index is 2.44. The molecule has 0 aliphatic rings. The van der Waals surface area contributed by atoms with Gasteiger partial charge in [0.1, 0.15) is 9.84 Å². The van der Waals surface area contributed by atoms with Gasteiger partial charge in [-0.3, -0.25) is 0 Å². The van der Waals surface area contributed by atoms with Gasteiger partial charge in [0.25, 0.3) is 0 Å². The summed E-state index contributed by atoms with van der Waals surface area (Å²) >= 11 is 1.64. The van der Waals surface area contributed by atoms with E-state index in [1.54, 1.807) is 11.3 Å². The Hall–Kier alpha value is -0.390. The molecular formula is C10H17NO2S2. The molecule has 1 aromatic heterocycles. The highest BCUT2D eigenvalue weighted by molar-refractivity contribution is 7.90. The molecule has 1 rings (SSSR count). The topological polar surface area (TPSA) is 60.2 Å². The summed E-state index contributed by atoms with van der Waals surface area (Å²) in [6.07, 6.45) is 2.63. The lowest BCUT2D eigenvalue weighted by molar-refractivity contribution is 0.589. The van der Waals surface area contributed by atoms with Gasteiger partial charge in [-0.1, -0.05) is 0 Å². The third kappa shape index (κ3) is 4.32. The van der Waals surface area contributed by atoms with Crippen LogP contribution >= 0.6 is 11.3 Å². The van der Waals surface area contributed by atoms with Gasteiger partial charge >= 0.3 is 0 Å². The van der Waals surface area contributed by atoms with Crippen LogP contribution in [0, 0.1) is 6.92 Å². The number of thiophene rings is 1. The second-order valence-electron chi connectivity index (χ2n) is 3.85. The van der Waals surface area contributed by atoms with Crippen molar-refractivity contribution in [1.29, 1.82) is 0 Å². The lowest BCUT2D eigenvalue weighted by Crippen LogP contribution is -2.12. The Morgan fingerprint density at radius 2 is 2.20 bits per heavy atom. The molecule has 0 fully saturated rings. The molecule has 2 N–H and O–H groups in total. The molecule has 1 aromatic rings. The third-order valence-electron chi connectivity index (χ3n) is 2.27. The quantitative estimate of drug-likeness (QED) is 0.864. The zero-order chi connectivity index (χ0) is 11.5. The van der Waals surface area contributed by atoms with Crippen LogP contribution in [0.2, 0.25) is 0 Å². The number of sulfone groups is 1. The van der Waals surface area contributed by atoms with Crippen LogP contribution in [0.3, 0.4) is 0 Å². The standard InChI is InChI=1S/C10H17NO2S2/c1-8-5-6-14-10(8)9(11)4-3-7-15(2,12)13/h5-6,9H,3-4,7,11H2,1-2H3. The van der Waals surface area contributed by atoms with E-state index in [1.165, 1.54) is 16.7 Å². The van der Waals surface area contributed by atoms with Gasteiger partial charge in [0, 0.05) is 22.9 Å². The Morgan fingerprint density at radius 1 is 1.53 bits per heavy atom. The highest BCUT2D eigenvalue weighted by atomic mass is 32.2. The van der Waals surface area contributed by atoms with Gasteiger partial charge in [-0.15, -0.1) is 11.3 Å². The molecule has 0 amide bonds. The van der Waals surface area contributed by atoms with E-state index >= 15 is 0 Å². The van der Waals surface area contributed by atoms with E-state index in [-0.39, 0.29) is 11.8 Å². The highest BCUT2D eigenvalue weighted by Crippen LogP contribution is 2.25. The van der Waals surface area contributed by atoms with Crippen LogP contribution in [0.15, 0.2) is 11.4 Å². The summed E-state index contributed by atoms with van der Waals surface area (Å²) in [5.74, 6) is 0.227. The van der Waals surface area contributed by atoms with E-state index < -0.39 is 9.84 Å².